The number of hydrogen-bond acceptors (Lipinski definition) is 2. The minimum absolute atomic E-state index is 0. The molecule has 0 heterocycles. The van der Waals surface area contributed by atoms with E-state index in [4.69, 9.17) is 5.11 Å². The van der Waals surface area contributed by atoms with Gasteiger partial charge in [0, 0.05) is 18.7 Å². The summed E-state index contributed by atoms with van der Waals surface area (Å²) in [5, 5.41) is 11.7. The van der Waals surface area contributed by atoms with Crippen molar-refractivity contribution in [1.82, 2.24) is 0 Å². The van der Waals surface area contributed by atoms with E-state index >= 15 is 0 Å². The van der Waals surface area contributed by atoms with Crippen molar-refractivity contribution < 1.29 is 15.4 Å². The van der Waals surface area contributed by atoms with E-state index in [0.717, 1.165) is 31.5 Å². The van der Waals surface area contributed by atoms with E-state index in [1.807, 2.05) is 30.3 Å². The zero-order valence-electron chi connectivity index (χ0n) is 9.28. The highest BCUT2D eigenvalue weighted by atomic mass is 16.4. The standard InChI is InChI=1S/C12H17NO2.H2O/c14-12(15)9-5-2-6-10-13-11-7-3-1-4-8-11;/h1,3-4,7-8,13H,2,5-6,9-10H2,(H,14,15);1H2. The molecule has 0 spiro atoms. The number of carboxylic acid groups (broad SMARTS) is 1. The normalized spacial score (nSPS) is 9.25. The molecule has 4 N–H and O–H groups in total. The molecule has 1 rings (SSSR count). The van der Waals surface area contributed by atoms with Crippen LogP contribution in [0.5, 0.6) is 0 Å². The van der Waals surface area contributed by atoms with Crippen molar-refractivity contribution in [2.75, 3.05) is 11.9 Å². The van der Waals surface area contributed by atoms with Gasteiger partial charge >= 0.3 is 5.97 Å². The topological polar surface area (TPSA) is 80.8 Å². The van der Waals surface area contributed by atoms with Crippen molar-refractivity contribution in [3.8, 4) is 0 Å². The molecule has 4 heteroatoms. The molecule has 0 saturated heterocycles. The SMILES string of the molecule is O.O=C(O)CCCCCNc1ccccc1. The second-order valence-electron chi connectivity index (χ2n) is 3.50. The summed E-state index contributed by atoms with van der Waals surface area (Å²) in [4.78, 5) is 10.2. The Morgan fingerprint density at radius 1 is 1.12 bits per heavy atom. The van der Waals surface area contributed by atoms with Gasteiger partial charge in [0.15, 0.2) is 0 Å². The first-order valence-electron chi connectivity index (χ1n) is 5.30. The molecule has 0 saturated carbocycles. The van der Waals surface area contributed by atoms with Crippen molar-refractivity contribution in [2.45, 2.75) is 25.7 Å². The largest absolute Gasteiger partial charge is 0.481 e. The molecule has 0 atom stereocenters. The number of nitrogens with one attached hydrogen (secondary N) is 1. The van der Waals surface area contributed by atoms with E-state index in [-0.39, 0.29) is 11.9 Å². The van der Waals surface area contributed by atoms with Gasteiger partial charge in [-0.15, -0.1) is 0 Å². The third kappa shape index (κ3) is 6.84. The van der Waals surface area contributed by atoms with Crippen LogP contribution in [0.2, 0.25) is 0 Å². The number of carboxylic acids is 1. The third-order valence-corrected chi connectivity index (χ3v) is 2.17. The number of rotatable bonds is 7. The molecule has 90 valence electrons. The first-order chi connectivity index (χ1) is 7.29. The number of anilines is 1. The van der Waals surface area contributed by atoms with E-state index < -0.39 is 5.97 Å². The average molecular weight is 225 g/mol. The molecule has 0 unspecified atom stereocenters. The van der Waals surface area contributed by atoms with E-state index in [2.05, 4.69) is 5.32 Å². The molecule has 16 heavy (non-hydrogen) atoms. The Labute approximate surface area is 95.6 Å². The molecule has 4 nitrogen and oxygen atoms in total. The van der Waals surface area contributed by atoms with Gasteiger partial charge < -0.3 is 15.9 Å². The highest BCUT2D eigenvalue weighted by Gasteiger charge is 1.96. The van der Waals surface area contributed by atoms with Crippen LogP contribution in [0.3, 0.4) is 0 Å². The fourth-order valence-corrected chi connectivity index (χ4v) is 1.37. The van der Waals surface area contributed by atoms with E-state index in [9.17, 15) is 4.79 Å². The van der Waals surface area contributed by atoms with E-state index in [0.29, 0.717) is 0 Å². The summed E-state index contributed by atoms with van der Waals surface area (Å²) in [6, 6.07) is 10.0. The van der Waals surface area contributed by atoms with Crippen LogP contribution in [0.25, 0.3) is 0 Å². The van der Waals surface area contributed by atoms with Crippen LogP contribution in [0.4, 0.5) is 5.69 Å². The second kappa shape index (κ2) is 8.73. The van der Waals surface area contributed by atoms with Crippen LogP contribution >= 0.6 is 0 Å². The Kier molecular flexibility index (Phi) is 7.89. The zero-order chi connectivity index (χ0) is 10.9. The number of carbonyl (C=O) groups is 1. The highest BCUT2D eigenvalue weighted by molar-refractivity contribution is 5.66. The Morgan fingerprint density at radius 3 is 2.44 bits per heavy atom. The van der Waals surface area contributed by atoms with Gasteiger partial charge in [0.05, 0.1) is 0 Å². The van der Waals surface area contributed by atoms with Crippen LogP contribution in [0.15, 0.2) is 30.3 Å². The maximum atomic E-state index is 10.2. The first-order valence-corrected chi connectivity index (χ1v) is 5.30. The molecule has 0 aliphatic carbocycles. The number of aliphatic carboxylic acids is 1. The summed E-state index contributed by atoms with van der Waals surface area (Å²) >= 11 is 0. The van der Waals surface area contributed by atoms with Gasteiger partial charge in [0.2, 0.25) is 0 Å². The van der Waals surface area contributed by atoms with Crippen LogP contribution in [-0.2, 0) is 4.79 Å². The van der Waals surface area contributed by atoms with Gasteiger partial charge in [-0.05, 0) is 25.0 Å². The minimum Gasteiger partial charge on any atom is -0.481 e. The van der Waals surface area contributed by atoms with Crippen molar-refractivity contribution in [3.05, 3.63) is 30.3 Å². The number of para-hydroxylation sites is 1. The summed E-state index contributed by atoms with van der Waals surface area (Å²) in [5.41, 5.74) is 1.12. The lowest BCUT2D eigenvalue weighted by Gasteiger charge is -2.04. The minimum atomic E-state index is -0.703. The molecular weight excluding hydrogens is 206 g/mol. The molecule has 1 aromatic carbocycles. The molecular formula is C12H19NO3. The van der Waals surface area contributed by atoms with Crippen LogP contribution in [-0.4, -0.2) is 23.1 Å². The summed E-state index contributed by atoms with van der Waals surface area (Å²) in [5.74, 6) is -0.703. The molecule has 0 aliphatic heterocycles. The molecule has 0 radical (unpaired) electrons. The van der Waals surface area contributed by atoms with Crippen molar-refractivity contribution in [3.63, 3.8) is 0 Å². The van der Waals surface area contributed by atoms with Crippen molar-refractivity contribution in [2.24, 2.45) is 0 Å². The highest BCUT2D eigenvalue weighted by Crippen LogP contribution is 2.06. The van der Waals surface area contributed by atoms with Gasteiger partial charge in [-0.25, -0.2) is 0 Å². The van der Waals surface area contributed by atoms with Crippen LogP contribution in [0.1, 0.15) is 25.7 Å². The predicted molar refractivity (Wildman–Crippen MR) is 64.6 cm³/mol. The first kappa shape index (κ1) is 14.5. The fraction of sp³-hybridized carbons (Fsp3) is 0.417. The average Bonchev–Trinajstić information content (AvgIpc) is 2.24. The molecule has 0 amide bonds. The molecule has 0 aliphatic rings. The Morgan fingerprint density at radius 2 is 1.81 bits per heavy atom. The smallest absolute Gasteiger partial charge is 0.303 e. The third-order valence-electron chi connectivity index (χ3n) is 2.17. The van der Waals surface area contributed by atoms with Gasteiger partial charge in [-0.1, -0.05) is 24.6 Å². The fourth-order valence-electron chi connectivity index (χ4n) is 1.37. The summed E-state index contributed by atoms with van der Waals surface area (Å²) in [6.07, 6.45) is 3.03. The molecule has 0 aromatic heterocycles. The van der Waals surface area contributed by atoms with Crippen LogP contribution < -0.4 is 5.32 Å². The number of benzene rings is 1. The van der Waals surface area contributed by atoms with E-state index in [1.165, 1.54) is 0 Å². The lowest BCUT2D eigenvalue weighted by molar-refractivity contribution is -0.137. The summed E-state index contributed by atoms with van der Waals surface area (Å²) < 4.78 is 0. The Bertz CT molecular complexity index is 288. The maximum absolute atomic E-state index is 10.2. The van der Waals surface area contributed by atoms with Crippen molar-refractivity contribution in [1.29, 1.82) is 0 Å². The van der Waals surface area contributed by atoms with E-state index in [1.54, 1.807) is 0 Å². The Balaban J connectivity index is 0.00000225. The molecule has 0 fully saturated rings. The second-order valence-corrected chi connectivity index (χ2v) is 3.50. The van der Waals surface area contributed by atoms with Crippen LogP contribution in [0, 0.1) is 0 Å². The van der Waals surface area contributed by atoms with Gasteiger partial charge in [0.25, 0.3) is 0 Å². The lowest BCUT2D eigenvalue weighted by atomic mass is 10.2. The quantitative estimate of drug-likeness (QED) is 0.695. The van der Waals surface area contributed by atoms with Gasteiger partial charge in [0.1, 0.15) is 0 Å². The monoisotopic (exact) mass is 225 g/mol. The summed E-state index contributed by atoms with van der Waals surface area (Å²) in [7, 11) is 0. The zero-order valence-corrected chi connectivity index (χ0v) is 9.28. The molecule has 0 bridgehead atoms. The summed E-state index contributed by atoms with van der Waals surface area (Å²) in [6.45, 7) is 0.906. The van der Waals surface area contributed by atoms with Crippen molar-refractivity contribution >= 4 is 11.7 Å². The lowest BCUT2D eigenvalue weighted by Crippen LogP contribution is -2.01. The molecule has 1 aromatic rings. The number of unbranched alkanes of at least 4 members (excludes halogenated alkanes) is 2. The number of hydrogen-bond donors (Lipinski definition) is 2. The van der Waals surface area contributed by atoms with Gasteiger partial charge in [-0.3, -0.25) is 4.79 Å². The predicted octanol–water partition coefficient (Wildman–Crippen LogP) is 1.92. The maximum Gasteiger partial charge on any atom is 0.303 e. The Hall–Kier alpha value is -1.55. The van der Waals surface area contributed by atoms with Gasteiger partial charge in [-0.2, -0.15) is 0 Å².